The average Bonchev–Trinajstić information content (AvgIpc) is 2.55. The molecule has 140 valence electrons. The number of hydrogen-bond donors (Lipinski definition) is 1. The van der Waals surface area contributed by atoms with Crippen molar-refractivity contribution in [3.63, 3.8) is 0 Å². The van der Waals surface area contributed by atoms with Gasteiger partial charge in [0.1, 0.15) is 23.1 Å². The van der Waals surface area contributed by atoms with Gasteiger partial charge in [0.05, 0.1) is 17.9 Å². The molecule has 10 heteroatoms. The van der Waals surface area contributed by atoms with E-state index in [0.29, 0.717) is 11.5 Å². The van der Waals surface area contributed by atoms with E-state index in [1.165, 1.54) is 31.5 Å². The van der Waals surface area contributed by atoms with Gasteiger partial charge >= 0.3 is 0 Å². The third-order valence-corrected chi connectivity index (χ3v) is 4.90. The summed E-state index contributed by atoms with van der Waals surface area (Å²) < 4.78 is 37.6. The number of nitrogens with one attached hydrogen (secondary N) is 1. The number of amides is 1. The number of carbonyl (C=O) groups excluding carboxylic acids is 1. The van der Waals surface area contributed by atoms with Crippen molar-refractivity contribution in [1.82, 2.24) is 14.7 Å². The van der Waals surface area contributed by atoms with Crippen LogP contribution < -0.4 is 9.46 Å². The number of hydrogen-bond acceptors (Lipinski definition) is 7. The molecule has 0 aliphatic heterocycles. The summed E-state index contributed by atoms with van der Waals surface area (Å²) in [5.74, 6) is -0.306. The van der Waals surface area contributed by atoms with Crippen LogP contribution >= 0.6 is 11.6 Å². The number of aromatic nitrogens is 2. The second-order valence-corrected chi connectivity index (χ2v) is 7.37. The number of ether oxygens (including phenoxy) is 2. The molecule has 1 N–H and O–H groups in total. The van der Waals surface area contributed by atoms with E-state index in [0.717, 1.165) is 0 Å². The largest absolute Gasteiger partial charge is 0.490 e. The highest BCUT2D eigenvalue weighted by molar-refractivity contribution is 7.90. The van der Waals surface area contributed by atoms with Crippen LogP contribution in [-0.4, -0.2) is 44.6 Å². The minimum absolute atomic E-state index is 0.0584. The predicted molar refractivity (Wildman–Crippen MR) is 95.0 cm³/mol. The first kappa shape index (κ1) is 20.1. The summed E-state index contributed by atoms with van der Waals surface area (Å²) in [7, 11) is -2.74. The highest BCUT2D eigenvalue weighted by atomic mass is 35.5. The summed E-state index contributed by atoms with van der Waals surface area (Å²) in [6, 6.07) is 4.11. The lowest BCUT2D eigenvalue weighted by Crippen LogP contribution is -2.32. The second-order valence-electron chi connectivity index (χ2n) is 5.28. The molecule has 1 heterocycles. The Morgan fingerprint density at radius 3 is 2.65 bits per heavy atom. The zero-order valence-electron chi connectivity index (χ0n) is 14.4. The minimum atomic E-state index is -4.23. The maximum absolute atomic E-state index is 12.7. The van der Waals surface area contributed by atoms with Crippen LogP contribution in [0.5, 0.6) is 5.75 Å². The van der Waals surface area contributed by atoms with E-state index in [1.807, 2.05) is 4.72 Å². The van der Waals surface area contributed by atoms with Crippen LogP contribution in [0, 0.1) is 13.8 Å². The standard InChI is InChI=1S/C16H18ClN3O5S/c1-10-13(9-18-11(2)19-10)16(21)20-26(22,23)15-8-12(17)4-5-14(15)25-7-6-24-3/h4-5,8-9H,6-7H2,1-3H3,(H,20,21). The zero-order valence-corrected chi connectivity index (χ0v) is 16.0. The number of carbonyl (C=O) groups is 1. The van der Waals surface area contributed by atoms with Gasteiger partial charge in [0.2, 0.25) is 0 Å². The van der Waals surface area contributed by atoms with Gasteiger partial charge in [-0.2, -0.15) is 0 Å². The molecule has 1 aromatic carbocycles. The Kier molecular flexibility index (Phi) is 6.52. The monoisotopic (exact) mass is 399 g/mol. The van der Waals surface area contributed by atoms with E-state index in [9.17, 15) is 13.2 Å². The van der Waals surface area contributed by atoms with E-state index < -0.39 is 15.9 Å². The van der Waals surface area contributed by atoms with E-state index in [4.69, 9.17) is 21.1 Å². The maximum atomic E-state index is 12.7. The molecule has 0 aliphatic rings. The Morgan fingerprint density at radius 2 is 2.00 bits per heavy atom. The smallest absolute Gasteiger partial charge is 0.268 e. The average molecular weight is 400 g/mol. The lowest BCUT2D eigenvalue weighted by Gasteiger charge is -2.13. The first-order valence-corrected chi connectivity index (χ1v) is 9.39. The number of methoxy groups -OCH3 is 1. The quantitative estimate of drug-likeness (QED) is 0.708. The van der Waals surface area contributed by atoms with Crippen molar-refractivity contribution in [2.24, 2.45) is 0 Å². The van der Waals surface area contributed by atoms with Crippen LogP contribution in [-0.2, 0) is 14.8 Å². The molecule has 0 saturated heterocycles. The molecule has 1 amide bonds. The van der Waals surface area contributed by atoms with E-state index >= 15 is 0 Å². The molecule has 8 nitrogen and oxygen atoms in total. The molecular weight excluding hydrogens is 382 g/mol. The SMILES string of the molecule is COCCOc1ccc(Cl)cc1S(=O)(=O)NC(=O)c1cnc(C)nc1C. The van der Waals surface area contributed by atoms with Crippen molar-refractivity contribution in [3.8, 4) is 5.75 Å². The van der Waals surface area contributed by atoms with E-state index in [1.54, 1.807) is 13.8 Å². The minimum Gasteiger partial charge on any atom is -0.490 e. The Morgan fingerprint density at radius 1 is 1.27 bits per heavy atom. The Labute approximate surface area is 156 Å². The third kappa shape index (κ3) is 4.90. The van der Waals surface area contributed by atoms with E-state index in [-0.39, 0.29) is 34.4 Å². The highest BCUT2D eigenvalue weighted by Crippen LogP contribution is 2.27. The molecule has 26 heavy (non-hydrogen) atoms. The van der Waals surface area contributed by atoms with Crippen LogP contribution in [0.2, 0.25) is 5.02 Å². The molecule has 0 bridgehead atoms. The normalized spacial score (nSPS) is 11.2. The third-order valence-electron chi connectivity index (χ3n) is 3.31. The molecule has 0 radical (unpaired) electrons. The van der Waals surface area contributed by atoms with Crippen LogP contribution in [0.25, 0.3) is 0 Å². The van der Waals surface area contributed by atoms with Crippen LogP contribution in [0.1, 0.15) is 21.9 Å². The summed E-state index contributed by atoms with van der Waals surface area (Å²) in [6.45, 7) is 3.67. The fourth-order valence-electron chi connectivity index (χ4n) is 2.08. The van der Waals surface area contributed by atoms with Gasteiger partial charge in [-0.05, 0) is 32.0 Å². The molecule has 2 aromatic rings. The topological polar surface area (TPSA) is 107 Å². The fraction of sp³-hybridized carbons (Fsp3) is 0.312. The molecule has 0 spiro atoms. The number of benzene rings is 1. The van der Waals surface area contributed by atoms with Gasteiger partial charge in [-0.15, -0.1) is 0 Å². The maximum Gasteiger partial charge on any atom is 0.268 e. The molecule has 1 aromatic heterocycles. The summed E-state index contributed by atoms with van der Waals surface area (Å²) in [6.07, 6.45) is 1.27. The second kappa shape index (κ2) is 8.43. The van der Waals surface area contributed by atoms with Crippen molar-refractivity contribution < 1.29 is 22.7 Å². The Bertz CT molecular complexity index is 918. The number of rotatable bonds is 7. The molecule has 0 saturated carbocycles. The number of aryl methyl sites for hydroxylation is 2. The van der Waals surface area contributed by atoms with Gasteiger partial charge in [0, 0.05) is 18.3 Å². The highest BCUT2D eigenvalue weighted by Gasteiger charge is 2.24. The number of sulfonamides is 1. The van der Waals surface area contributed by atoms with Gasteiger partial charge in [-0.3, -0.25) is 4.79 Å². The van der Waals surface area contributed by atoms with Crippen molar-refractivity contribution >= 4 is 27.5 Å². The van der Waals surface area contributed by atoms with Crippen LogP contribution in [0.15, 0.2) is 29.3 Å². The summed E-state index contributed by atoms with van der Waals surface area (Å²) in [4.78, 5) is 20.1. The molecular formula is C16H18ClN3O5S. The molecule has 0 unspecified atom stereocenters. The van der Waals surface area contributed by atoms with Gasteiger partial charge in [0.25, 0.3) is 15.9 Å². The van der Waals surface area contributed by atoms with Gasteiger partial charge in [-0.25, -0.2) is 23.1 Å². The zero-order chi connectivity index (χ0) is 19.3. The van der Waals surface area contributed by atoms with Crippen molar-refractivity contribution in [1.29, 1.82) is 0 Å². The lowest BCUT2D eigenvalue weighted by molar-refractivity contribution is 0.0980. The Balaban J connectivity index is 2.31. The predicted octanol–water partition coefficient (Wildman–Crippen LogP) is 1.89. The first-order chi connectivity index (χ1) is 12.2. The van der Waals surface area contributed by atoms with Crippen LogP contribution in [0.4, 0.5) is 0 Å². The molecule has 2 rings (SSSR count). The summed E-state index contributed by atoms with van der Waals surface area (Å²) >= 11 is 5.90. The molecule has 0 aliphatic carbocycles. The number of halogens is 1. The van der Waals surface area contributed by atoms with E-state index in [2.05, 4.69) is 9.97 Å². The van der Waals surface area contributed by atoms with Gasteiger partial charge in [0.15, 0.2) is 0 Å². The van der Waals surface area contributed by atoms with Crippen molar-refractivity contribution in [2.45, 2.75) is 18.7 Å². The summed E-state index contributed by atoms with van der Waals surface area (Å²) in [5.41, 5.74) is 0.427. The summed E-state index contributed by atoms with van der Waals surface area (Å²) in [5, 5.41) is 0.187. The molecule has 0 fully saturated rings. The first-order valence-electron chi connectivity index (χ1n) is 7.53. The van der Waals surface area contributed by atoms with Crippen LogP contribution in [0.3, 0.4) is 0 Å². The van der Waals surface area contributed by atoms with Crippen molar-refractivity contribution in [2.75, 3.05) is 20.3 Å². The lowest BCUT2D eigenvalue weighted by atomic mass is 10.2. The van der Waals surface area contributed by atoms with Gasteiger partial charge < -0.3 is 9.47 Å². The Hall–Kier alpha value is -2.23. The van der Waals surface area contributed by atoms with Crippen molar-refractivity contribution in [3.05, 3.63) is 46.5 Å². The van der Waals surface area contributed by atoms with Gasteiger partial charge in [-0.1, -0.05) is 11.6 Å². The molecule has 0 atom stereocenters. The fourth-order valence-corrected chi connectivity index (χ4v) is 3.46. The number of nitrogens with zero attached hydrogens (tertiary/aromatic N) is 2.